The molecule has 0 atom stereocenters. The second kappa shape index (κ2) is 6.09. The molecule has 0 aliphatic heterocycles. The van der Waals surface area contributed by atoms with Crippen LogP contribution >= 0.6 is 0 Å². The van der Waals surface area contributed by atoms with Crippen LogP contribution in [0.1, 0.15) is 56.9 Å². The zero-order chi connectivity index (χ0) is 12.1. The largest absolute Gasteiger partial charge is 0.388 e. The van der Waals surface area contributed by atoms with E-state index in [2.05, 4.69) is 36.5 Å². The van der Waals surface area contributed by atoms with Crippen LogP contribution in [0.4, 0.5) is 5.69 Å². The van der Waals surface area contributed by atoms with Gasteiger partial charge in [0.05, 0.1) is 0 Å². The first-order valence-corrected chi connectivity index (χ1v) is 7.11. The molecule has 1 aliphatic rings. The summed E-state index contributed by atoms with van der Waals surface area (Å²) in [6.45, 7) is 2.31. The summed E-state index contributed by atoms with van der Waals surface area (Å²) in [6.07, 6.45) is 8.45. The molecular weight excluding hydrogens is 206 g/mol. The van der Waals surface area contributed by atoms with Crippen LogP contribution in [0, 0.1) is 5.92 Å². The van der Waals surface area contributed by atoms with Gasteiger partial charge in [0.15, 0.2) is 0 Å². The summed E-state index contributed by atoms with van der Waals surface area (Å²) in [6, 6.07) is 9.01. The second-order valence-corrected chi connectivity index (χ2v) is 5.38. The molecular formula is C16H25N. The lowest BCUT2D eigenvalue weighted by Crippen LogP contribution is -2.13. The summed E-state index contributed by atoms with van der Waals surface area (Å²) >= 11 is 0. The molecule has 0 spiro atoms. The normalized spacial score (nSPS) is 24.6. The predicted molar refractivity (Wildman–Crippen MR) is 75.6 cm³/mol. The lowest BCUT2D eigenvalue weighted by Gasteiger charge is -2.28. The molecule has 0 radical (unpaired) electrons. The van der Waals surface area contributed by atoms with E-state index in [1.807, 2.05) is 7.05 Å². The summed E-state index contributed by atoms with van der Waals surface area (Å²) < 4.78 is 0. The summed E-state index contributed by atoms with van der Waals surface area (Å²) in [5.41, 5.74) is 2.76. The highest BCUT2D eigenvalue weighted by Gasteiger charge is 2.21. The number of anilines is 1. The van der Waals surface area contributed by atoms with Crippen molar-refractivity contribution in [3.05, 3.63) is 29.8 Å². The fourth-order valence-corrected chi connectivity index (χ4v) is 3.11. The zero-order valence-electron chi connectivity index (χ0n) is 11.2. The minimum atomic E-state index is 0.814. The highest BCUT2D eigenvalue weighted by Crippen LogP contribution is 2.37. The monoisotopic (exact) mass is 231 g/mol. The van der Waals surface area contributed by atoms with E-state index in [4.69, 9.17) is 0 Å². The van der Waals surface area contributed by atoms with Crippen LogP contribution in [0.25, 0.3) is 0 Å². The molecule has 0 unspecified atom stereocenters. The lowest BCUT2D eigenvalue weighted by atomic mass is 9.77. The molecule has 1 aliphatic carbocycles. The quantitative estimate of drug-likeness (QED) is 0.784. The van der Waals surface area contributed by atoms with Gasteiger partial charge >= 0.3 is 0 Å². The molecule has 1 aromatic rings. The third-order valence-corrected chi connectivity index (χ3v) is 4.21. The molecule has 1 N–H and O–H groups in total. The van der Waals surface area contributed by atoms with E-state index in [1.165, 1.54) is 44.2 Å². The summed E-state index contributed by atoms with van der Waals surface area (Å²) in [7, 11) is 1.98. The maximum Gasteiger partial charge on any atom is 0.0337 e. The Morgan fingerprint density at radius 1 is 1.06 bits per heavy atom. The Morgan fingerprint density at radius 2 is 1.71 bits per heavy atom. The number of nitrogens with one attached hydrogen (secondary N) is 1. The van der Waals surface area contributed by atoms with Gasteiger partial charge in [-0.2, -0.15) is 0 Å². The van der Waals surface area contributed by atoms with Gasteiger partial charge in [-0.15, -0.1) is 0 Å². The first-order valence-electron chi connectivity index (χ1n) is 7.11. The molecule has 1 aromatic carbocycles. The average Bonchev–Trinajstić information content (AvgIpc) is 2.40. The van der Waals surface area contributed by atoms with Crippen molar-refractivity contribution >= 4 is 5.69 Å². The van der Waals surface area contributed by atoms with Gasteiger partial charge in [-0.25, -0.2) is 0 Å². The van der Waals surface area contributed by atoms with E-state index in [-0.39, 0.29) is 0 Å². The first kappa shape index (κ1) is 12.5. The van der Waals surface area contributed by atoms with E-state index in [9.17, 15) is 0 Å². The van der Waals surface area contributed by atoms with Gasteiger partial charge in [-0.05, 0) is 55.2 Å². The van der Waals surface area contributed by atoms with Crippen molar-refractivity contribution in [2.45, 2.75) is 51.4 Å². The van der Waals surface area contributed by atoms with E-state index >= 15 is 0 Å². The van der Waals surface area contributed by atoms with Crippen molar-refractivity contribution in [1.82, 2.24) is 0 Å². The van der Waals surface area contributed by atoms with Crippen LogP contribution < -0.4 is 5.32 Å². The van der Waals surface area contributed by atoms with Gasteiger partial charge in [0.1, 0.15) is 0 Å². The van der Waals surface area contributed by atoms with Crippen molar-refractivity contribution in [1.29, 1.82) is 0 Å². The Labute approximate surface area is 106 Å². The van der Waals surface area contributed by atoms with Gasteiger partial charge in [0, 0.05) is 12.7 Å². The Kier molecular flexibility index (Phi) is 4.47. The van der Waals surface area contributed by atoms with Crippen molar-refractivity contribution in [3.63, 3.8) is 0 Å². The van der Waals surface area contributed by atoms with Crippen molar-refractivity contribution in [3.8, 4) is 0 Å². The molecule has 1 nitrogen and oxygen atoms in total. The van der Waals surface area contributed by atoms with Gasteiger partial charge < -0.3 is 5.32 Å². The smallest absolute Gasteiger partial charge is 0.0337 e. The maximum absolute atomic E-state index is 3.18. The van der Waals surface area contributed by atoms with Gasteiger partial charge in [-0.3, -0.25) is 0 Å². The van der Waals surface area contributed by atoms with Gasteiger partial charge in [-0.1, -0.05) is 31.9 Å². The third kappa shape index (κ3) is 3.24. The van der Waals surface area contributed by atoms with Crippen LogP contribution in [0.15, 0.2) is 24.3 Å². The molecule has 0 aromatic heterocycles. The average molecular weight is 231 g/mol. The minimum Gasteiger partial charge on any atom is -0.388 e. The second-order valence-electron chi connectivity index (χ2n) is 5.38. The van der Waals surface area contributed by atoms with Crippen LogP contribution in [0.5, 0.6) is 0 Å². The van der Waals surface area contributed by atoms with Crippen LogP contribution in [0.3, 0.4) is 0 Å². The molecule has 2 rings (SSSR count). The van der Waals surface area contributed by atoms with Gasteiger partial charge in [0.25, 0.3) is 0 Å². The molecule has 17 heavy (non-hydrogen) atoms. The standard InChI is InChI=1S/C16H25N/c1-3-4-13-5-7-14(8-6-13)15-9-11-16(17-2)12-10-15/h9-14,17H,3-8H2,1-2H3. The van der Waals surface area contributed by atoms with Crippen LogP contribution in [-0.2, 0) is 0 Å². The Morgan fingerprint density at radius 3 is 2.24 bits per heavy atom. The van der Waals surface area contributed by atoms with Crippen molar-refractivity contribution < 1.29 is 0 Å². The summed E-state index contributed by atoms with van der Waals surface area (Å²) in [5, 5.41) is 3.18. The molecule has 94 valence electrons. The molecule has 1 saturated carbocycles. The van der Waals surface area contributed by atoms with Crippen LogP contribution in [-0.4, -0.2) is 7.05 Å². The van der Waals surface area contributed by atoms with Crippen molar-refractivity contribution in [2.75, 3.05) is 12.4 Å². The zero-order valence-corrected chi connectivity index (χ0v) is 11.2. The van der Waals surface area contributed by atoms with Crippen LogP contribution in [0.2, 0.25) is 0 Å². The fourth-order valence-electron chi connectivity index (χ4n) is 3.11. The molecule has 1 heteroatoms. The predicted octanol–water partition coefficient (Wildman–Crippen LogP) is 4.80. The number of hydrogen-bond donors (Lipinski definition) is 1. The maximum atomic E-state index is 3.18. The minimum absolute atomic E-state index is 0.814. The van der Waals surface area contributed by atoms with E-state index < -0.39 is 0 Å². The summed E-state index contributed by atoms with van der Waals surface area (Å²) in [4.78, 5) is 0. The number of hydrogen-bond acceptors (Lipinski definition) is 1. The SMILES string of the molecule is CCCC1CCC(c2ccc(NC)cc2)CC1. The van der Waals surface area contributed by atoms with E-state index in [0.29, 0.717) is 0 Å². The van der Waals surface area contributed by atoms with E-state index in [1.54, 1.807) is 5.56 Å². The number of rotatable bonds is 4. The molecule has 1 fully saturated rings. The fraction of sp³-hybridized carbons (Fsp3) is 0.625. The lowest BCUT2D eigenvalue weighted by molar-refractivity contribution is 0.308. The third-order valence-electron chi connectivity index (χ3n) is 4.21. The first-order chi connectivity index (χ1) is 8.33. The highest BCUT2D eigenvalue weighted by molar-refractivity contribution is 5.44. The highest BCUT2D eigenvalue weighted by atomic mass is 14.8. The Balaban J connectivity index is 1.91. The molecule has 0 heterocycles. The molecule has 0 amide bonds. The Hall–Kier alpha value is -0.980. The molecule has 0 saturated heterocycles. The van der Waals surface area contributed by atoms with Gasteiger partial charge in [0.2, 0.25) is 0 Å². The van der Waals surface area contributed by atoms with E-state index in [0.717, 1.165) is 11.8 Å². The summed E-state index contributed by atoms with van der Waals surface area (Å²) in [5.74, 6) is 1.82. The Bertz CT molecular complexity index is 320. The topological polar surface area (TPSA) is 12.0 Å². The molecule has 0 bridgehead atoms. The van der Waals surface area contributed by atoms with Crippen molar-refractivity contribution in [2.24, 2.45) is 5.92 Å². The number of benzene rings is 1.